The number of pyridine rings is 1. The number of nitrogens with one attached hydrogen (secondary N) is 1. The van der Waals surface area contributed by atoms with Gasteiger partial charge in [0.25, 0.3) is 0 Å². The Kier molecular flexibility index (Phi) is 8.16. The minimum atomic E-state index is -0.101. The van der Waals surface area contributed by atoms with Crippen LogP contribution in [0.25, 0.3) is 5.70 Å². The molecular formula is C31H32N2O5. The van der Waals surface area contributed by atoms with Crippen LogP contribution in [-0.4, -0.2) is 39.2 Å². The second kappa shape index (κ2) is 11.7. The van der Waals surface area contributed by atoms with E-state index in [1.54, 1.807) is 40.7 Å². The molecule has 0 radical (unpaired) electrons. The number of Topliss-reactive ketones (excluding diaryl/α,β-unsaturated/α-hetero) is 1. The lowest BCUT2D eigenvalue weighted by atomic mass is 9.93. The quantitative estimate of drug-likeness (QED) is 0.354. The van der Waals surface area contributed by atoms with Crippen LogP contribution in [0.2, 0.25) is 0 Å². The first-order chi connectivity index (χ1) is 18.4. The molecule has 3 aromatic rings. The lowest BCUT2D eigenvalue weighted by molar-refractivity contribution is 0.103. The van der Waals surface area contributed by atoms with E-state index in [2.05, 4.69) is 10.3 Å². The number of nitrogens with zero attached hydrogens (tertiary/aromatic N) is 1. The number of ether oxygens (including phenoxy) is 4. The van der Waals surface area contributed by atoms with E-state index >= 15 is 0 Å². The van der Waals surface area contributed by atoms with E-state index in [4.69, 9.17) is 18.9 Å². The summed E-state index contributed by atoms with van der Waals surface area (Å²) in [7, 11) is 6.33. The fourth-order valence-electron chi connectivity index (χ4n) is 4.42. The van der Waals surface area contributed by atoms with Gasteiger partial charge >= 0.3 is 0 Å². The summed E-state index contributed by atoms with van der Waals surface area (Å²) in [4.78, 5) is 18.3. The van der Waals surface area contributed by atoms with E-state index < -0.39 is 0 Å². The molecule has 7 nitrogen and oxygen atoms in total. The molecule has 1 aliphatic rings. The highest BCUT2D eigenvalue weighted by atomic mass is 16.5. The maximum absolute atomic E-state index is 13.8. The molecule has 0 bridgehead atoms. The predicted octanol–water partition coefficient (Wildman–Crippen LogP) is 5.61. The van der Waals surface area contributed by atoms with Crippen LogP contribution in [0.1, 0.15) is 32.7 Å². The van der Waals surface area contributed by atoms with E-state index in [-0.39, 0.29) is 5.78 Å². The van der Waals surface area contributed by atoms with E-state index in [9.17, 15) is 4.79 Å². The number of aromatic nitrogens is 1. The van der Waals surface area contributed by atoms with Crippen molar-refractivity contribution in [3.8, 4) is 23.0 Å². The second-order valence-corrected chi connectivity index (χ2v) is 8.77. The Labute approximate surface area is 223 Å². The SMILES string of the molecule is COc1cc(C(=O)C2=CC=C/C2=C(/NCc2ccccn2)c2cc(OC)c(OC)c(OC)c2)cc(C)c1C. The van der Waals surface area contributed by atoms with Crippen LogP contribution >= 0.6 is 0 Å². The summed E-state index contributed by atoms with van der Waals surface area (Å²) in [6, 6.07) is 13.2. The molecule has 2 aromatic carbocycles. The average molecular weight is 513 g/mol. The van der Waals surface area contributed by atoms with Crippen molar-refractivity contribution >= 4 is 11.5 Å². The fourth-order valence-corrected chi connectivity index (χ4v) is 4.42. The van der Waals surface area contributed by atoms with Gasteiger partial charge in [-0.25, -0.2) is 0 Å². The third-order valence-corrected chi connectivity index (χ3v) is 6.56. The molecule has 1 N–H and O–H groups in total. The van der Waals surface area contributed by atoms with Gasteiger partial charge < -0.3 is 24.3 Å². The summed E-state index contributed by atoms with van der Waals surface area (Å²) >= 11 is 0. The Bertz CT molecular complexity index is 1410. The maximum Gasteiger partial charge on any atom is 0.203 e. The molecule has 4 rings (SSSR count). The number of ketones is 1. The summed E-state index contributed by atoms with van der Waals surface area (Å²) in [6.07, 6.45) is 7.39. The number of benzene rings is 2. The Morgan fingerprint density at radius 3 is 2.16 bits per heavy atom. The Morgan fingerprint density at radius 1 is 0.868 bits per heavy atom. The highest BCUT2D eigenvalue weighted by Gasteiger charge is 2.24. The van der Waals surface area contributed by atoms with E-state index in [0.717, 1.165) is 33.7 Å². The topological polar surface area (TPSA) is 78.9 Å². The van der Waals surface area contributed by atoms with Gasteiger partial charge in [-0.2, -0.15) is 0 Å². The molecule has 1 aliphatic carbocycles. The number of allylic oxidation sites excluding steroid dienone is 5. The minimum absolute atomic E-state index is 0.101. The molecular weight excluding hydrogens is 480 g/mol. The molecule has 0 unspecified atom stereocenters. The van der Waals surface area contributed by atoms with Gasteiger partial charge in [0.15, 0.2) is 17.3 Å². The Morgan fingerprint density at radius 2 is 1.55 bits per heavy atom. The van der Waals surface area contributed by atoms with Gasteiger partial charge in [-0.15, -0.1) is 0 Å². The number of carbonyl (C=O) groups is 1. The van der Waals surface area contributed by atoms with Crippen molar-refractivity contribution in [1.29, 1.82) is 0 Å². The number of rotatable bonds is 10. The molecule has 7 heteroatoms. The first-order valence-corrected chi connectivity index (χ1v) is 12.2. The second-order valence-electron chi connectivity index (χ2n) is 8.77. The van der Waals surface area contributed by atoms with Gasteiger partial charge in [0, 0.05) is 28.5 Å². The average Bonchev–Trinajstić information content (AvgIpc) is 3.43. The molecule has 38 heavy (non-hydrogen) atoms. The normalized spacial score (nSPS) is 13.6. The lowest BCUT2D eigenvalue weighted by Crippen LogP contribution is -2.17. The zero-order chi connectivity index (χ0) is 27.2. The molecule has 0 aliphatic heterocycles. The first-order valence-electron chi connectivity index (χ1n) is 12.2. The van der Waals surface area contributed by atoms with Gasteiger partial charge in [-0.05, 0) is 61.4 Å². The summed E-state index contributed by atoms with van der Waals surface area (Å²) < 4.78 is 22.3. The summed E-state index contributed by atoms with van der Waals surface area (Å²) in [5, 5.41) is 3.51. The summed E-state index contributed by atoms with van der Waals surface area (Å²) in [6.45, 7) is 4.40. The largest absolute Gasteiger partial charge is 0.496 e. The molecule has 196 valence electrons. The summed E-state index contributed by atoms with van der Waals surface area (Å²) in [5.74, 6) is 2.10. The van der Waals surface area contributed by atoms with Crippen LogP contribution in [0.3, 0.4) is 0 Å². The standard InChI is InChI=1S/C31H32N2O5/c1-19-14-22(17-26(35-3)20(19)2)30(34)25-12-9-11-24(25)29(33-18-23-10-7-8-13-32-23)21-15-27(36-4)31(38-6)28(16-21)37-5/h7-17,33H,18H2,1-6H3/b29-24-. The van der Waals surface area contributed by atoms with Crippen LogP contribution in [0.4, 0.5) is 0 Å². The van der Waals surface area contributed by atoms with E-state index in [0.29, 0.717) is 40.7 Å². The van der Waals surface area contributed by atoms with Crippen molar-refractivity contribution in [2.45, 2.75) is 20.4 Å². The molecule has 0 amide bonds. The number of hydrogen-bond acceptors (Lipinski definition) is 7. The van der Waals surface area contributed by atoms with Crippen LogP contribution in [-0.2, 0) is 6.54 Å². The minimum Gasteiger partial charge on any atom is -0.496 e. The molecule has 0 spiro atoms. The van der Waals surface area contributed by atoms with Crippen LogP contribution in [0, 0.1) is 13.8 Å². The van der Waals surface area contributed by atoms with Crippen molar-refractivity contribution in [1.82, 2.24) is 10.3 Å². The first kappa shape index (κ1) is 26.5. The van der Waals surface area contributed by atoms with E-state index in [1.165, 1.54) is 0 Å². The zero-order valence-electron chi connectivity index (χ0n) is 22.5. The maximum atomic E-state index is 13.8. The van der Waals surface area contributed by atoms with Gasteiger partial charge in [-0.1, -0.05) is 24.3 Å². The van der Waals surface area contributed by atoms with Gasteiger partial charge in [0.05, 0.1) is 46.4 Å². The monoisotopic (exact) mass is 512 g/mol. The molecule has 1 aromatic heterocycles. The number of methoxy groups -OCH3 is 4. The third kappa shape index (κ3) is 5.27. The number of carbonyl (C=O) groups excluding carboxylic acids is 1. The Balaban J connectivity index is 1.85. The molecule has 1 heterocycles. The zero-order valence-corrected chi connectivity index (χ0v) is 22.5. The van der Waals surface area contributed by atoms with Crippen LogP contribution in [0.5, 0.6) is 23.0 Å². The summed E-state index contributed by atoms with van der Waals surface area (Å²) in [5.41, 5.74) is 6.23. The van der Waals surface area contributed by atoms with Crippen LogP contribution < -0.4 is 24.3 Å². The smallest absolute Gasteiger partial charge is 0.203 e. The van der Waals surface area contributed by atoms with Crippen molar-refractivity contribution in [3.63, 3.8) is 0 Å². The number of hydrogen-bond donors (Lipinski definition) is 1. The Hall–Kier alpha value is -4.52. The van der Waals surface area contributed by atoms with Gasteiger partial charge in [0.1, 0.15) is 5.75 Å². The lowest BCUT2D eigenvalue weighted by Gasteiger charge is -2.19. The van der Waals surface area contributed by atoms with Gasteiger partial charge in [0.2, 0.25) is 5.75 Å². The predicted molar refractivity (Wildman–Crippen MR) is 148 cm³/mol. The van der Waals surface area contributed by atoms with Crippen molar-refractivity contribution in [2.75, 3.05) is 28.4 Å². The highest BCUT2D eigenvalue weighted by Crippen LogP contribution is 2.41. The molecule has 0 saturated carbocycles. The molecule has 0 fully saturated rings. The van der Waals surface area contributed by atoms with Crippen molar-refractivity contribution < 1.29 is 23.7 Å². The number of aryl methyl sites for hydroxylation is 1. The highest BCUT2D eigenvalue weighted by molar-refractivity contribution is 6.14. The molecule has 0 saturated heterocycles. The fraction of sp³-hybridized carbons (Fsp3) is 0.226. The van der Waals surface area contributed by atoms with E-state index in [1.807, 2.05) is 68.5 Å². The van der Waals surface area contributed by atoms with Crippen molar-refractivity contribution in [3.05, 3.63) is 106 Å². The molecule has 0 atom stereocenters. The van der Waals surface area contributed by atoms with Crippen LogP contribution in [0.15, 0.2) is 78.0 Å². The third-order valence-electron chi connectivity index (χ3n) is 6.56. The van der Waals surface area contributed by atoms with Crippen molar-refractivity contribution in [2.24, 2.45) is 0 Å². The van der Waals surface area contributed by atoms with Gasteiger partial charge in [-0.3, -0.25) is 9.78 Å².